The first-order valence-corrected chi connectivity index (χ1v) is 5.67. The minimum absolute atomic E-state index is 0.427. The van der Waals surface area contributed by atoms with Crippen molar-refractivity contribution in [3.8, 4) is 5.75 Å². The van der Waals surface area contributed by atoms with Gasteiger partial charge in [-0.25, -0.2) is 0 Å². The molecule has 0 aliphatic heterocycles. The van der Waals surface area contributed by atoms with E-state index in [0.29, 0.717) is 13.2 Å². The van der Waals surface area contributed by atoms with Gasteiger partial charge in [0.25, 0.3) is 0 Å². The Labute approximate surface area is 101 Å². The standard InChI is InChI=1S/C14H17NO2/c1-10-3-5-12(6-4-10)16-9-13-7-11(2)14(8-15)17-13/h3-7H,8-9,15H2,1-2H3. The predicted molar refractivity (Wildman–Crippen MR) is 66.8 cm³/mol. The summed E-state index contributed by atoms with van der Waals surface area (Å²) in [5.41, 5.74) is 7.85. The summed E-state index contributed by atoms with van der Waals surface area (Å²) in [7, 11) is 0. The highest BCUT2D eigenvalue weighted by Crippen LogP contribution is 2.17. The first kappa shape index (κ1) is 11.7. The van der Waals surface area contributed by atoms with Gasteiger partial charge in [0.15, 0.2) is 0 Å². The van der Waals surface area contributed by atoms with Crippen molar-refractivity contribution < 1.29 is 9.15 Å². The quantitative estimate of drug-likeness (QED) is 0.880. The number of nitrogens with two attached hydrogens (primary N) is 1. The Hall–Kier alpha value is -1.74. The van der Waals surface area contributed by atoms with Gasteiger partial charge in [-0.2, -0.15) is 0 Å². The summed E-state index contributed by atoms with van der Waals surface area (Å²) in [6.07, 6.45) is 0. The van der Waals surface area contributed by atoms with E-state index < -0.39 is 0 Å². The Morgan fingerprint density at radius 2 is 1.88 bits per heavy atom. The Morgan fingerprint density at radius 1 is 1.18 bits per heavy atom. The lowest BCUT2D eigenvalue weighted by atomic mass is 10.2. The van der Waals surface area contributed by atoms with E-state index >= 15 is 0 Å². The highest BCUT2D eigenvalue weighted by Gasteiger charge is 2.06. The van der Waals surface area contributed by atoms with Crippen LogP contribution in [-0.2, 0) is 13.2 Å². The van der Waals surface area contributed by atoms with Gasteiger partial charge < -0.3 is 14.9 Å². The minimum atomic E-state index is 0.427. The summed E-state index contributed by atoms with van der Waals surface area (Å²) in [6.45, 7) is 4.90. The Balaban J connectivity index is 1.99. The zero-order chi connectivity index (χ0) is 12.3. The van der Waals surface area contributed by atoms with Gasteiger partial charge in [-0.05, 0) is 37.6 Å². The molecule has 0 fully saturated rings. The molecule has 0 radical (unpaired) electrons. The van der Waals surface area contributed by atoms with Crippen molar-refractivity contribution >= 4 is 0 Å². The first-order valence-electron chi connectivity index (χ1n) is 5.67. The average molecular weight is 231 g/mol. The van der Waals surface area contributed by atoms with Crippen LogP contribution in [0.4, 0.5) is 0 Å². The number of furan rings is 1. The number of ether oxygens (including phenoxy) is 1. The van der Waals surface area contributed by atoms with Crippen LogP contribution in [-0.4, -0.2) is 0 Å². The maximum Gasteiger partial charge on any atom is 0.146 e. The topological polar surface area (TPSA) is 48.4 Å². The van der Waals surface area contributed by atoms with E-state index in [4.69, 9.17) is 14.9 Å². The van der Waals surface area contributed by atoms with E-state index in [1.165, 1.54) is 5.56 Å². The second-order valence-corrected chi connectivity index (χ2v) is 4.12. The molecule has 3 nitrogen and oxygen atoms in total. The Morgan fingerprint density at radius 3 is 2.47 bits per heavy atom. The van der Waals surface area contributed by atoms with Crippen LogP contribution in [0.1, 0.15) is 22.6 Å². The van der Waals surface area contributed by atoms with E-state index in [1.54, 1.807) is 0 Å². The predicted octanol–water partition coefficient (Wildman–Crippen LogP) is 2.93. The molecule has 0 aliphatic carbocycles. The van der Waals surface area contributed by atoms with Crippen molar-refractivity contribution in [3.05, 3.63) is 53.0 Å². The molecule has 2 rings (SSSR count). The molecule has 17 heavy (non-hydrogen) atoms. The maximum atomic E-state index is 5.63. The molecule has 0 atom stereocenters. The summed E-state index contributed by atoms with van der Waals surface area (Å²) in [6, 6.07) is 9.92. The smallest absolute Gasteiger partial charge is 0.146 e. The van der Waals surface area contributed by atoms with Crippen molar-refractivity contribution in [2.75, 3.05) is 0 Å². The highest BCUT2D eigenvalue weighted by molar-refractivity contribution is 5.26. The fourth-order valence-electron chi connectivity index (χ4n) is 1.65. The molecule has 0 amide bonds. The fraction of sp³-hybridized carbons (Fsp3) is 0.286. The number of hydrogen-bond acceptors (Lipinski definition) is 3. The summed E-state index contributed by atoms with van der Waals surface area (Å²) < 4.78 is 11.2. The summed E-state index contributed by atoms with van der Waals surface area (Å²) in [5.74, 6) is 2.48. The van der Waals surface area contributed by atoms with Gasteiger partial charge >= 0.3 is 0 Å². The molecule has 90 valence electrons. The molecule has 0 saturated heterocycles. The van der Waals surface area contributed by atoms with E-state index in [-0.39, 0.29) is 0 Å². The Kier molecular flexibility index (Phi) is 3.49. The van der Waals surface area contributed by atoms with Gasteiger partial charge in [0.2, 0.25) is 0 Å². The van der Waals surface area contributed by atoms with Crippen molar-refractivity contribution in [2.24, 2.45) is 5.73 Å². The molecule has 0 aliphatic rings. The second-order valence-electron chi connectivity index (χ2n) is 4.12. The largest absolute Gasteiger partial charge is 0.486 e. The van der Waals surface area contributed by atoms with Crippen LogP contribution in [0.25, 0.3) is 0 Å². The van der Waals surface area contributed by atoms with E-state index in [9.17, 15) is 0 Å². The minimum Gasteiger partial charge on any atom is -0.486 e. The van der Waals surface area contributed by atoms with Crippen molar-refractivity contribution in [1.29, 1.82) is 0 Å². The van der Waals surface area contributed by atoms with Crippen LogP contribution in [0.2, 0.25) is 0 Å². The lowest BCUT2D eigenvalue weighted by molar-refractivity contribution is 0.266. The molecule has 0 spiro atoms. The summed E-state index contributed by atoms with van der Waals surface area (Å²) in [4.78, 5) is 0. The fourth-order valence-corrected chi connectivity index (χ4v) is 1.65. The van der Waals surface area contributed by atoms with Crippen molar-refractivity contribution in [2.45, 2.75) is 27.0 Å². The van der Waals surface area contributed by atoms with Gasteiger partial charge in [0, 0.05) is 0 Å². The molecule has 2 aromatic rings. The van der Waals surface area contributed by atoms with Gasteiger partial charge in [-0.1, -0.05) is 17.7 Å². The molecule has 3 heteroatoms. The van der Waals surface area contributed by atoms with Crippen LogP contribution in [0.3, 0.4) is 0 Å². The summed E-state index contributed by atoms with van der Waals surface area (Å²) >= 11 is 0. The van der Waals surface area contributed by atoms with E-state index in [1.807, 2.05) is 44.2 Å². The normalized spacial score (nSPS) is 10.5. The SMILES string of the molecule is Cc1ccc(OCc2cc(C)c(CN)o2)cc1. The van der Waals surface area contributed by atoms with E-state index in [0.717, 1.165) is 22.8 Å². The molecule has 0 bridgehead atoms. The van der Waals surface area contributed by atoms with Crippen LogP contribution < -0.4 is 10.5 Å². The van der Waals surface area contributed by atoms with Crippen LogP contribution in [0.15, 0.2) is 34.7 Å². The van der Waals surface area contributed by atoms with Crippen molar-refractivity contribution in [3.63, 3.8) is 0 Å². The summed E-state index contributed by atoms with van der Waals surface area (Å²) in [5, 5.41) is 0. The molecule has 1 heterocycles. The lowest BCUT2D eigenvalue weighted by Crippen LogP contribution is -1.96. The molecule has 0 saturated carbocycles. The van der Waals surface area contributed by atoms with Crippen LogP contribution in [0.5, 0.6) is 5.75 Å². The zero-order valence-corrected chi connectivity index (χ0v) is 10.2. The molecular formula is C14H17NO2. The molecule has 1 aromatic heterocycles. The zero-order valence-electron chi connectivity index (χ0n) is 10.2. The molecule has 1 aromatic carbocycles. The van der Waals surface area contributed by atoms with Crippen LogP contribution in [0, 0.1) is 13.8 Å². The molecule has 2 N–H and O–H groups in total. The van der Waals surface area contributed by atoms with Crippen molar-refractivity contribution in [1.82, 2.24) is 0 Å². The second kappa shape index (κ2) is 5.06. The monoisotopic (exact) mass is 231 g/mol. The number of benzene rings is 1. The Bertz CT molecular complexity index is 485. The molecule has 0 unspecified atom stereocenters. The third-order valence-electron chi connectivity index (χ3n) is 2.66. The first-order chi connectivity index (χ1) is 8.19. The lowest BCUT2D eigenvalue weighted by Gasteiger charge is -2.04. The van der Waals surface area contributed by atoms with Gasteiger partial charge in [-0.15, -0.1) is 0 Å². The average Bonchev–Trinajstić information content (AvgIpc) is 2.69. The molecular weight excluding hydrogens is 214 g/mol. The number of aryl methyl sites for hydroxylation is 2. The number of rotatable bonds is 4. The third kappa shape index (κ3) is 2.88. The van der Waals surface area contributed by atoms with E-state index in [2.05, 4.69) is 0 Å². The number of hydrogen-bond donors (Lipinski definition) is 1. The van der Waals surface area contributed by atoms with Crippen LogP contribution >= 0.6 is 0 Å². The van der Waals surface area contributed by atoms with Gasteiger partial charge in [0.05, 0.1) is 6.54 Å². The van der Waals surface area contributed by atoms with Gasteiger partial charge in [0.1, 0.15) is 23.9 Å². The third-order valence-corrected chi connectivity index (χ3v) is 2.66. The highest BCUT2D eigenvalue weighted by atomic mass is 16.5. The van der Waals surface area contributed by atoms with Gasteiger partial charge in [-0.3, -0.25) is 0 Å². The maximum absolute atomic E-state index is 5.63.